The van der Waals surface area contributed by atoms with Gasteiger partial charge in [-0.25, -0.2) is 15.1 Å². The Bertz CT molecular complexity index is 1900. The van der Waals surface area contributed by atoms with Gasteiger partial charge in [0.25, 0.3) is 11.7 Å². The average molecular weight is 973 g/mol. The summed E-state index contributed by atoms with van der Waals surface area (Å²) in [6.07, 6.45) is 9.08. The Kier molecular flexibility index (Phi) is 22.4. The van der Waals surface area contributed by atoms with Gasteiger partial charge in [-0.2, -0.15) is 0 Å². The number of piperidine rings is 1. The van der Waals surface area contributed by atoms with Crippen molar-refractivity contribution >= 4 is 35.3 Å². The molecule has 3 heterocycles. The molecule has 0 aromatic heterocycles. The SMILES string of the molecule is CO[C@H]1C[C@@H]2CC[C@@H](C)[C@@](O)(O2)C(=O)C(=O)N2CCCC[C@H]2C(=O)O[C@H]([C@H](C)CC2CC[C@H](OC(=O)NO)[C@@H](OC)C2)CC(=O)[C@H](C)/C=C(\C)[C@@H](O)[C@@H](OC)C(=O)[C@H](C)C[C@H](C)\C=C/C=C/C=C/1C. The quantitative estimate of drug-likeness (QED) is 0.0720. The predicted molar refractivity (Wildman–Crippen MR) is 254 cm³/mol. The number of carbonyl (C=O) groups is 6. The Morgan fingerprint density at radius 2 is 1.61 bits per heavy atom. The molecule has 0 spiro atoms. The van der Waals surface area contributed by atoms with Gasteiger partial charge in [0, 0.05) is 58.5 Å². The monoisotopic (exact) mass is 973 g/mol. The van der Waals surface area contributed by atoms with Crippen molar-refractivity contribution < 1.29 is 72.6 Å². The second-order valence-electron chi connectivity index (χ2n) is 20.1. The van der Waals surface area contributed by atoms with Crippen molar-refractivity contribution in [3.05, 3.63) is 47.6 Å². The van der Waals surface area contributed by atoms with Crippen molar-refractivity contribution in [2.24, 2.45) is 35.5 Å². The largest absolute Gasteiger partial charge is 0.460 e. The van der Waals surface area contributed by atoms with Crippen LogP contribution < -0.4 is 5.48 Å². The van der Waals surface area contributed by atoms with Crippen LogP contribution in [0.4, 0.5) is 4.79 Å². The molecule has 4 N–H and O–H groups in total. The van der Waals surface area contributed by atoms with E-state index in [1.807, 2.05) is 51.2 Å². The summed E-state index contributed by atoms with van der Waals surface area (Å²) < 4.78 is 34.8. The van der Waals surface area contributed by atoms with Crippen LogP contribution in [0.2, 0.25) is 0 Å². The fourth-order valence-electron chi connectivity index (χ4n) is 10.4. The van der Waals surface area contributed by atoms with Crippen LogP contribution in [0.1, 0.15) is 126 Å². The number of carbonyl (C=O) groups excluding carboxylic acids is 6. The van der Waals surface area contributed by atoms with Crippen LogP contribution in [0, 0.1) is 35.5 Å². The van der Waals surface area contributed by atoms with E-state index in [2.05, 4.69) is 0 Å². The molecule has 1 saturated carbocycles. The minimum absolute atomic E-state index is 0.000266. The maximum absolute atomic E-state index is 14.5. The van der Waals surface area contributed by atoms with Gasteiger partial charge in [0.15, 0.2) is 5.78 Å². The van der Waals surface area contributed by atoms with Gasteiger partial charge in [0.2, 0.25) is 5.79 Å². The van der Waals surface area contributed by atoms with Gasteiger partial charge >= 0.3 is 12.1 Å². The second-order valence-corrected chi connectivity index (χ2v) is 20.1. The Balaban J connectivity index is 1.70. The summed E-state index contributed by atoms with van der Waals surface area (Å²) in [7, 11) is 4.43. The molecule has 0 aromatic carbocycles. The summed E-state index contributed by atoms with van der Waals surface area (Å²) in [6.45, 7) is 12.6. The van der Waals surface area contributed by atoms with Gasteiger partial charge in [-0.05, 0) is 107 Å². The van der Waals surface area contributed by atoms with E-state index >= 15 is 0 Å². The summed E-state index contributed by atoms with van der Waals surface area (Å²) in [5.74, 6) is -8.47. The first kappa shape index (κ1) is 57.5. The van der Waals surface area contributed by atoms with Crippen LogP contribution in [0.3, 0.4) is 0 Å². The third-order valence-electron chi connectivity index (χ3n) is 14.8. The van der Waals surface area contributed by atoms with Gasteiger partial charge in [-0.15, -0.1) is 0 Å². The molecule has 3 fully saturated rings. The molecule has 2 bridgehead atoms. The lowest BCUT2D eigenvalue weighted by Gasteiger charge is -2.42. The number of aliphatic hydroxyl groups excluding tert-OH is 1. The Morgan fingerprint density at radius 1 is 0.884 bits per heavy atom. The smallest absolute Gasteiger partial charge is 0.431 e. The first-order valence-corrected chi connectivity index (χ1v) is 24.8. The van der Waals surface area contributed by atoms with E-state index in [1.54, 1.807) is 40.9 Å². The molecule has 1 unspecified atom stereocenters. The lowest BCUT2D eigenvalue weighted by atomic mass is 9.78. The van der Waals surface area contributed by atoms with E-state index in [4.69, 9.17) is 33.6 Å². The molecule has 4 rings (SSSR count). The highest BCUT2D eigenvalue weighted by molar-refractivity contribution is 6.39. The molecule has 17 nitrogen and oxygen atoms in total. The molecule has 3 aliphatic heterocycles. The molecule has 2 saturated heterocycles. The molecule has 2 amide bonds. The highest BCUT2D eigenvalue weighted by Crippen LogP contribution is 2.38. The number of Topliss-reactive ketones (excluding diaryl/α,β-unsaturated/α-hetero) is 3. The topological polar surface area (TPSA) is 234 Å². The highest BCUT2D eigenvalue weighted by Gasteiger charge is 2.53. The van der Waals surface area contributed by atoms with Gasteiger partial charge in [-0.3, -0.25) is 24.4 Å². The summed E-state index contributed by atoms with van der Waals surface area (Å²) in [5, 5.41) is 32.4. The summed E-state index contributed by atoms with van der Waals surface area (Å²) >= 11 is 0. The molecule has 1 aliphatic carbocycles. The number of hydroxylamine groups is 1. The molecule has 388 valence electrons. The number of aliphatic hydroxyl groups is 2. The fraction of sp³-hybridized carbons (Fsp3) is 0.731. The number of methoxy groups -OCH3 is 3. The first-order valence-electron chi connectivity index (χ1n) is 24.8. The number of esters is 1. The van der Waals surface area contributed by atoms with E-state index < -0.39 is 102 Å². The number of allylic oxidation sites excluding steroid dienone is 6. The number of hydrogen-bond acceptors (Lipinski definition) is 15. The third-order valence-corrected chi connectivity index (χ3v) is 14.8. The minimum atomic E-state index is -2.46. The molecule has 0 aromatic rings. The number of fused-ring (bicyclic) bond motifs is 3. The third kappa shape index (κ3) is 15.4. The maximum Gasteiger partial charge on any atom is 0.431 e. The van der Waals surface area contributed by atoms with Crippen molar-refractivity contribution in [2.45, 2.75) is 180 Å². The van der Waals surface area contributed by atoms with Crippen molar-refractivity contribution in [1.29, 1.82) is 0 Å². The van der Waals surface area contributed by atoms with Crippen LogP contribution >= 0.6 is 0 Å². The van der Waals surface area contributed by atoms with E-state index in [0.29, 0.717) is 69.8 Å². The van der Waals surface area contributed by atoms with Gasteiger partial charge < -0.3 is 43.5 Å². The molecule has 17 heteroatoms. The first-order chi connectivity index (χ1) is 32.7. The molecule has 15 atom stereocenters. The Morgan fingerprint density at radius 3 is 2.28 bits per heavy atom. The Labute approximate surface area is 408 Å². The van der Waals surface area contributed by atoms with Crippen molar-refractivity contribution in [2.75, 3.05) is 27.9 Å². The van der Waals surface area contributed by atoms with Crippen LogP contribution in [0.15, 0.2) is 47.6 Å². The van der Waals surface area contributed by atoms with Gasteiger partial charge in [-0.1, -0.05) is 71.1 Å². The number of rotatable bonds is 7. The highest BCUT2D eigenvalue weighted by atomic mass is 16.6. The van der Waals surface area contributed by atoms with Crippen LogP contribution in [-0.2, 0) is 52.4 Å². The van der Waals surface area contributed by atoms with Gasteiger partial charge in [0.1, 0.15) is 36.2 Å². The lowest BCUT2D eigenvalue weighted by Crippen LogP contribution is -2.61. The average Bonchev–Trinajstić information content (AvgIpc) is 3.33. The standard InChI is InChI=1S/C52H80N2O15/c1-30-16-12-11-13-17-31(2)42(64-8)28-38-21-19-36(7)52(62,69-38)48(58)49(59)54-23-15-14-18-39(54)50(60)67-43(33(4)26-37-20-22-41(44(27-37)65-9)68-51(61)53-63)29-40(55)32(3)25-35(6)46(57)47(66-10)45(56)34(5)24-30/h11-13,16-17,25,30,32-34,36-39,41-44,46-47,57,62-63H,14-15,18-24,26-29H2,1-10H3,(H,53,61)/b13-11+,16-12-,31-17+,35-25+/t30-,32-,33-,34-,36-,37?,38+,39+,41+,42+,43+,44+,46-,47+,52-/m1/s1. The number of amides is 2. The molecule has 4 aliphatic rings. The normalized spacial score (nSPS) is 38.6. The predicted octanol–water partition coefficient (Wildman–Crippen LogP) is 6.30. The van der Waals surface area contributed by atoms with E-state index in [0.717, 1.165) is 10.5 Å². The number of ketones is 3. The second kappa shape index (κ2) is 26.9. The van der Waals surface area contributed by atoms with Crippen LogP contribution in [-0.4, -0.2) is 138 Å². The molecule has 69 heavy (non-hydrogen) atoms. The number of nitrogens with one attached hydrogen (secondary N) is 1. The number of nitrogens with zero attached hydrogens (tertiary/aromatic N) is 1. The fourth-order valence-corrected chi connectivity index (χ4v) is 10.4. The number of hydrogen-bond donors (Lipinski definition) is 4. The van der Waals surface area contributed by atoms with Crippen LogP contribution in [0.25, 0.3) is 0 Å². The summed E-state index contributed by atoms with van der Waals surface area (Å²) in [6, 6.07) is -1.19. The van der Waals surface area contributed by atoms with Gasteiger partial charge in [0.05, 0.1) is 18.3 Å². The minimum Gasteiger partial charge on any atom is -0.460 e. The van der Waals surface area contributed by atoms with E-state index in [1.165, 1.54) is 19.7 Å². The summed E-state index contributed by atoms with van der Waals surface area (Å²) in [5.41, 5.74) is 2.70. The maximum atomic E-state index is 14.5. The van der Waals surface area contributed by atoms with Crippen molar-refractivity contribution in [1.82, 2.24) is 10.4 Å². The van der Waals surface area contributed by atoms with Crippen molar-refractivity contribution in [3.63, 3.8) is 0 Å². The zero-order valence-electron chi connectivity index (χ0n) is 42.4. The van der Waals surface area contributed by atoms with Crippen LogP contribution in [0.5, 0.6) is 0 Å². The summed E-state index contributed by atoms with van der Waals surface area (Å²) in [4.78, 5) is 83.9. The number of ether oxygens (including phenoxy) is 6. The molecule has 0 radical (unpaired) electrons. The van der Waals surface area contributed by atoms with E-state index in [9.17, 15) is 39.0 Å². The number of cyclic esters (lactones) is 1. The lowest BCUT2D eigenvalue weighted by molar-refractivity contribution is -0.265. The molecular weight excluding hydrogens is 893 g/mol. The van der Waals surface area contributed by atoms with E-state index in [-0.39, 0.29) is 42.8 Å². The zero-order valence-corrected chi connectivity index (χ0v) is 42.4. The molecular formula is C52H80N2O15. The Hall–Kier alpha value is -4.10. The van der Waals surface area contributed by atoms with Crippen molar-refractivity contribution in [3.8, 4) is 0 Å². The zero-order chi connectivity index (χ0) is 51.2.